The van der Waals surface area contributed by atoms with Gasteiger partial charge in [-0.1, -0.05) is 6.07 Å². The van der Waals surface area contributed by atoms with Crippen LogP contribution < -0.4 is 10.5 Å². The molecule has 0 amide bonds. The summed E-state index contributed by atoms with van der Waals surface area (Å²) in [7, 11) is 0. The molecule has 0 aliphatic heterocycles. The van der Waals surface area contributed by atoms with Crippen molar-refractivity contribution in [1.29, 1.82) is 0 Å². The van der Waals surface area contributed by atoms with Crippen LogP contribution >= 0.6 is 12.4 Å². The van der Waals surface area contributed by atoms with Crippen molar-refractivity contribution in [2.45, 2.75) is 44.2 Å². The van der Waals surface area contributed by atoms with Gasteiger partial charge >= 0.3 is 0 Å². The summed E-state index contributed by atoms with van der Waals surface area (Å²) >= 11 is 0. The van der Waals surface area contributed by atoms with Gasteiger partial charge in [-0.25, -0.2) is 4.98 Å². The van der Waals surface area contributed by atoms with E-state index in [0.717, 1.165) is 18.4 Å². The topological polar surface area (TPSA) is 68.4 Å². The lowest BCUT2D eigenvalue weighted by molar-refractivity contribution is 0.198. The molecule has 1 aromatic heterocycles. The van der Waals surface area contributed by atoms with Gasteiger partial charge in [0.1, 0.15) is 6.10 Å². The minimum atomic E-state index is -0.245. The normalized spacial score (nSPS) is 17.2. The molecule has 1 aromatic rings. The van der Waals surface area contributed by atoms with E-state index in [1.807, 2.05) is 12.1 Å². The van der Waals surface area contributed by atoms with Gasteiger partial charge in [-0.15, -0.1) is 12.4 Å². The Bertz CT molecular complexity index is 357. The predicted molar refractivity (Wildman–Crippen MR) is 73.1 cm³/mol. The fourth-order valence-corrected chi connectivity index (χ4v) is 2.20. The maximum atomic E-state index is 8.98. The van der Waals surface area contributed by atoms with E-state index < -0.39 is 0 Å². The number of hydrogen-bond acceptors (Lipinski definition) is 4. The highest BCUT2D eigenvalue weighted by Gasteiger charge is 2.19. The van der Waals surface area contributed by atoms with Crippen LogP contribution in [-0.4, -0.2) is 28.8 Å². The van der Waals surface area contributed by atoms with Gasteiger partial charge < -0.3 is 15.6 Å². The van der Waals surface area contributed by atoms with E-state index >= 15 is 0 Å². The van der Waals surface area contributed by atoms with Gasteiger partial charge in [0.25, 0.3) is 0 Å². The molecule has 1 unspecified atom stereocenters. The molecule has 1 heterocycles. The molecule has 3 N–H and O–H groups in total. The van der Waals surface area contributed by atoms with Crippen molar-refractivity contribution in [1.82, 2.24) is 4.98 Å². The molecule has 2 rings (SSSR count). The quantitative estimate of drug-likeness (QED) is 0.856. The van der Waals surface area contributed by atoms with Crippen molar-refractivity contribution in [2.75, 3.05) is 6.61 Å². The van der Waals surface area contributed by atoms with Crippen LogP contribution in [0.2, 0.25) is 0 Å². The highest BCUT2D eigenvalue weighted by Crippen LogP contribution is 2.25. The fraction of sp³-hybridized carbons (Fsp3) is 0.615. The van der Waals surface area contributed by atoms with E-state index in [1.165, 1.54) is 12.8 Å². The lowest BCUT2D eigenvalue weighted by Crippen LogP contribution is -2.27. The van der Waals surface area contributed by atoms with E-state index in [2.05, 4.69) is 4.98 Å². The SMILES string of the molecule is Cl.NC(CO)Cc1cccnc1OC1CCCC1. The number of ether oxygens (including phenoxy) is 1. The van der Waals surface area contributed by atoms with Gasteiger partial charge in [0, 0.05) is 17.8 Å². The number of hydrogen-bond donors (Lipinski definition) is 2. The molecule has 0 aromatic carbocycles. The summed E-state index contributed by atoms with van der Waals surface area (Å²) in [5.41, 5.74) is 6.74. The molecule has 1 fully saturated rings. The summed E-state index contributed by atoms with van der Waals surface area (Å²) in [6, 6.07) is 3.60. The largest absolute Gasteiger partial charge is 0.474 e. The Balaban J connectivity index is 0.00000162. The van der Waals surface area contributed by atoms with Crippen LogP contribution in [0, 0.1) is 0 Å². The third-order valence-corrected chi connectivity index (χ3v) is 3.15. The molecule has 0 bridgehead atoms. The zero-order chi connectivity index (χ0) is 12.1. The second-order valence-electron chi connectivity index (χ2n) is 4.64. The molecule has 102 valence electrons. The third kappa shape index (κ3) is 4.12. The van der Waals surface area contributed by atoms with Crippen LogP contribution in [0.3, 0.4) is 0 Å². The van der Waals surface area contributed by atoms with Gasteiger partial charge in [-0.2, -0.15) is 0 Å². The van der Waals surface area contributed by atoms with Crippen LogP contribution in [0.1, 0.15) is 31.2 Å². The highest BCUT2D eigenvalue weighted by molar-refractivity contribution is 5.85. The number of rotatable bonds is 5. The third-order valence-electron chi connectivity index (χ3n) is 3.15. The molecule has 0 saturated heterocycles. The maximum Gasteiger partial charge on any atom is 0.216 e. The van der Waals surface area contributed by atoms with Crippen molar-refractivity contribution in [3.8, 4) is 5.88 Å². The van der Waals surface area contributed by atoms with Crippen molar-refractivity contribution < 1.29 is 9.84 Å². The number of aliphatic hydroxyl groups excluding tert-OH is 1. The second kappa shape index (κ2) is 7.56. The second-order valence-corrected chi connectivity index (χ2v) is 4.64. The molecule has 1 atom stereocenters. The molecule has 0 spiro atoms. The Morgan fingerprint density at radius 2 is 2.17 bits per heavy atom. The minimum Gasteiger partial charge on any atom is -0.474 e. The summed E-state index contributed by atoms with van der Waals surface area (Å²) in [6.45, 7) is -0.0161. The Morgan fingerprint density at radius 3 is 2.83 bits per heavy atom. The summed E-state index contributed by atoms with van der Waals surface area (Å²) in [4.78, 5) is 4.27. The average Bonchev–Trinajstić information content (AvgIpc) is 2.84. The van der Waals surface area contributed by atoms with Crippen LogP contribution in [0.25, 0.3) is 0 Å². The lowest BCUT2D eigenvalue weighted by Gasteiger charge is -2.16. The molecule has 4 nitrogen and oxygen atoms in total. The molecular formula is C13H21ClN2O2. The Kier molecular flexibility index (Phi) is 6.39. The predicted octanol–water partition coefficient (Wildman–Crippen LogP) is 1.69. The number of aromatic nitrogens is 1. The van der Waals surface area contributed by atoms with Crippen LogP contribution in [0.4, 0.5) is 0 Å². The minimum absolute atomic E-state index is 0. The van der Waals surface area contributed by atoms with Gasteiger partial charge in [0.05, 0.1) is 6.61 Å². The van der Waals surface area contributed by atoms with Gasteiger partial charge in [-0.05, 0) is 38.2 Å². The fourth-order valence-electron chi connectivity index (χ4n) is 2.20. The standard InChI is InChI=1S/C13H20N2O2.ClH/c14-11(9-16)8-10-4-3-7-15-13(10)17-12-5-1-2-6-12;/h3-4,7,11-12,16H,1-2,5-6,8-9,14H2;1H. The average molecular weight is 273 g/mol. The molecule has 1 aliphatic carbocycles. The Morgan fingerprint density at radius 1 is 1.44 bits per heavy atom. The summed E-state index contributed by atoms with van der Waals surface area (Å²) in [5.74, 6) is 0.684. The molecule has 0 radical (unpaired) electrons. The van der Waals surface area contributed by atoms with E-state index in [-0.39, 0.29) is 25.1 Å². The van der Waals surface area contributed by atoms with E-state index in [4.69, 9.17) is 15.6 Å². The summed E-state index contributed by atoms with van der Waals surface area (Å²) < 4.78 is 5.90. The number of pyridine rings is 1. The first-order valence-electron chi connectivity index (χ1n) is 6.26. The zero-order valence-corrected chi connectivity index (χ0v) is 11.2. The van der Waals surface area contributed by atoms with Crippen LogP contribution in [-0.2, 0) is 6.42 Å². The highest BCUT2D eigenvalue weighted by atomic mass is 35.5. The van der Waals surface area contributed by atoms with Crippen molar-refractivity contribution in [3.05, 3.63) is 23.9 Å². The summed E-state index contributed by atoms with van der Waals surface area (Å²) in [6.07, 6.45) is 7.34. The molecule has 5 heteroatoms. The van der Waals surface area contributed by atoms with E-state index in [9.17, 15) is 0 Å². The first-order chi connectivity index (χ1) is 8.29. The van der Waals surface area contributed by atoms with Crippen molar-refractivity contribution in [2.24, 2.45) is 5.73 Å². The van der Waals surface area contributed by atoms with Crippen molar-refractivity contribution >= 4 is 12.4 Å². The molecule has 1 saturated carbocycles. The maximum absolute atomic E-state index is 8.98. The van der Waals surface area contributed by atoms with Crippen LogP contribution in [0.5, 0.6) is 5.88 Å². The lowest BCUT2D eigenvalue weighted by atomic mass is 10.1. The molecule has 1 aliphatic rings. The number of nitrogens with two attached hydrogens (primary N) is 1. The molecular weight excluding hydrogens is 252 g/mol. The summed E-state index contributed by atoms with van der Waals surface area (Å²) in [5, 5.41) is 8.98. The first-order valence-corrected chi connectivity index (χ1v) is 6.26. The zero-order valence-electron chi connectivity index (χ0n) is 10.4. The van der Waals surface area contributed by atoms with Crippen molar-refractivity contribution in [3.63, 3.8) is 0 Å². The number of nitrogens with zero attached hydrogens (tertiary/aromatic N) is 1. The number of halogens is 1. The Labute approximate surface area is 114 Å². The van der Waals surface area contributed by atoms with Gasteiger partial charge in [0.2, 0.25) is 5.88 Å². The van der Waals surface area contributed by atoms with Gasteiger partial charge in [-0.3, -0.25) is 0 Å². The van der Waals surface area contributed by atoms with Crippen LogP contribution in [0.15, 0.2) is 18.3 Å². The van der Waals surface area contributed by atoms with Gasteiger partial charge in [0.15, 0.2) is 0 Å². The smallest absolute Gasteiger partial charge is 0.216 e. The van der Waals surface area contributed by atoms with E-state index in [1.54, 1.807) is 6.20 Å². The Hall–Kier alpha value is -0.840. The molecule has 18 heavy (non-hydrogen) atoms. The number of aliphatic hydroxyl groups is 1. The first kappa shape index (κ1) is 15.2. The monoisotopic (exact) mass is 272 g/mol. The van der Waals surface area contributed by atoms with E-state index in [0.29, 0.717) is 18.4 Å².